The molecule has 112 valence electrons. The van der Waals surface area contributed by atoms with Crippen molar-refractivity contribution in [3.05, 3.63) is 68.7 Å². The molecule has 6 heteroatoms. The zero-order chi connectivity index (χ0) is 16.3. The second kappa shape index (κ2) is 6.77. The fourth-order valence-electron chi connectivity index (χ4n) is 1.79. The maximum atomic E-state index is 12.1. The quantitative estimate of drug-likeness (QED) is 0.608. The van der Waals surface area contributed by atoms with Crippen molar-refractivity contribution in [3.8, 4) is 5.75 Å². The zero-order valence-corrected chi connectivity index (χ0v) is 13.4. The zero-order valence-electron chi connectivity index (χ0n) is 11.1. The Balaban J connectivity index is 2.33. The van der Waals surface area contributed by atoms with Crippen LogP contribution in [0.25, 0.3) is 6.08 Å². The van der Waals surface area contributed by atoms with Crippen LogP contribution in [0.4, 0.5) is 0 Å². The monoisotopic (exact) mass is 380 g/mol. The van der Waals surface area contributed by atoms with E-state index in [0.717, 1.165) is 5.56 Å². The number of hydrogen-bond donors (Lipinski definition) is 2. The van der Waals surface area contributed by atoms with Gasteiger partial charge in [-0.05, 0) is 35.9 Å². The highest BCUT2D eigenvalue weighted by Crippen LogP contribution is 2.28. The van der Waals surface area contributed by atoms with Crippen molar-refractivity contribution in [1.82, 2.24) is 0 Å². The third-order valence-corrected chi connectivity index (χ3v) is 3.58. The van der Waals surface area contributed by atoms with Crippen LogP contribution in [0.15, 0.2) is 46.9 Å². The number of hydrogen-bond acceptors (Lipinski definition) is 3. The number of carboxylic acids is 1. The Morgan fingerprint density at radius 3 is 2.27 bits per heavy atom. The Labute approximate surface area is 139 Å². The van der Waals surface area contributed by atoms with Gasteiger partial charge in [0.25, 0.3) is 0 Å². The molecule has 0 unspecified atom stereocenters. The Hall–Kier alpha value is -2.11. The average molecular weight is 382 g/mol. The van der Waals surface area contributed by atoms with E-state index in [1.807, 2.05) is 0 Å². The fraction of sp³-hybridized carbons (Fsp3) is 0. The molecule has 0 bridgehead atoms. The normalized spacial score (nSPS) is 10.8. The molecule has 0 spiro atoms. The molecule has 0 saturated carbocycles. The molecule has 0 saturated heterocycles. The number of aromatic hydroxyl groups is 1. The smallest absolute Gasteiger partial charge is 0.339 e. The van der Waals surface area contributed by atoms with Crippen LogP contribution in [0.5, 0.6) is 5.75 Å². The van der Waals surface area contributed by atoms with Crippen molar-refractivity contribution in [1.29, 1.82) is 0 Å². The molecule has 2 aromatic carbocycles. The highest BCUT2D eigenvalue weighted by Gasteiger charge is 2.18. The minimum atomic E-state index is -1.31. The molecule has 0 aliphatic carbocycles. The number of carbonyl (C=O) groups is 2. The first-order valence-corrected chi connectivity index (χ1v) is 7.29. The third-order valence-electron chi connectivity index (χ3n) is 2.87. The standard InChI is InChI=1S/C16H10BrClO4/c17-10-7-12(15(20)13(8-10)16(21)22)14(19)6-3-9-1-4-11(18)5-2-9/h1-8,20H,(H,21,22)/b6-3+. The van der Waals surface area contributed by atoms with Gasteiger partial charge in [0.05, 0.1) is 5.56 Å². The number of carbonyl (C=O) groups excluding carboxylic acids is 1. The van der Waals surface area contributed by atoms with Gasteiger partial charge in [-0.3, -0.25) is 4.79 Å². The first-order chi connectivity index (χ1) is 10.4. The second-order valence-corrected chi connectivity index (χ2v) is 5.76. The summed E-state index contributed by atoms with van der Waals surface area (Å²) in [5.41, 5.74) is 0.334. The van der Waals surface area contributed by atoms with Crippen LogP contribution in [0, 0.1) is 0 Å². The minimum absolute atomic E-state index is 0.0861. The van der Waals surface area contributed by atoms with E-state index in [1.165, 1.54) is 18.2 Å². The van der Waals surface area contributed by atoms with Crippen LogP contribution in [0.2, 0.25) is 5.02 Å². The summed E-state index contributed by atoms with van der Waals surface area (Å²) in [6.45, 7) is 0. The lowest BCUT2D eigenvalue weighted by molar-refractivity contribution is 0.0693. The van der Waals surface area contributed by atoms with E-state index < -0.39 is 17.5 Å². The molecule has 0 heterocycles. The van der Waals surface area contributed by atoms with E-state index in [9.17, 15) is 14.7 Å². The predicted octanol–water partition coefficient (Wildman–Crippen LogP) is 4.40. The van der Waals surface area contributed by atoms with Gasteiger partial charge >= 0.3 is 5.97 Å². The van der Waals surface area contributed by atoms with Gasteiger partial charge in [0.2, 0.25) is 0 Å². The van der Waals surface area contributed by atoms with Gasteiger partial charge in [0, 0.05) is 9.50 Å². The summed E-state index contributed by atoms with van der Waals surface area (Å²) in [6, 6.07) is 9.44. The summed E-state index contributed by atoms with van der Waals surface area (Å²) in [6.07, 6.45) is 2.82. The Morgan fingerprint density at radius 1 is 1.09 bits per heavy atom. The number of rotatable bonds is 4. The largest absolute Gasteiger partial charge is 0.506 e. The van der Waals surface area contributed by atoms with Crippen molar-refractivity contribution in [3.63, 3.8) is 0 Å². The van der Waals surface area contributed by atoms with E-state index in [2.05, 4.69) is 15.9 Å². The highest BCUT2D eigenvalue weighted by molar-refractivity contribution is 9.10. The maximum absolute atomic E-state index is 12.1. The molecule has 0 aliphatic heterocycles. The maximum Gasteiger partial charge on any atom is 0.339 e. The number of aromatic carboxylic acids is 1. The molecule has 0 fully saturated rings. The van der Waals surface area contributed by atoms with Crippen LogP contribution in [-0.2, 0) is 0 Å². The van der Waals surface area contributed by atoms with Crippen molar-refractivity contribution in [2.45, 2.75) is 0 Å². The van der Waals surface area contributed by atoms with Gasteiger partial charge in [-0.15, -0.1) is 0 Å². The van der Waals surface area contributed by atoms with Gasteiger partial charge < -0.3 is 10.2 Å². The molecular formula is C16H10BrClO4. The number of carboxylic acid groups (broad SMARTS) is 1. The highest BCUT2D eigenvalue weighted by atomic mass is 79.9. The fourth-order valence-corrected chi connectivity index (χ4v) is 2.37. The van der Waals surface area contributed by atoms with E-state index in [-0.39, 0.29) is 11.1 Å². The van der Waals surface area contributed by atoms with Crippen molar-refractivity contribution in [2.75, 3.05) is 0 Å². The third kappa shape index (κ3) is 3.75. The van der Waals surface area contributed by atoms with Gasteiger partial charge in [0.1, 0.15) is 11.3 Å². The first-order valence-electron chi connectivity index (χ1n) is 6.12. The molecule has 2 aromatic rings. The molecule has 0 atom stereocenters. The Kier molecular flexibility index (Phi) is 5.00. The molecule has 0 amide bonds. The van der Waals surface area contributed by atoms with Crippen molar-refractivity contribution < 1.29 is 19.8 Å². The van der Waals surface area contributed by atoms with Crippen LogP contribution in [0.3, 0.4) is 0 Å². The molecule has 0 radical (unpaired) electrons. The summed E-state index contributed by atoms with van der Waals surface area (Å²) < 4.78 is 0.394. The predicted molar refractivity (Wildman–Crippen MR) is 87.6 cm³/mol. The first kappa shape index (κ1) is 16.3. The second-order valence-electron chi connectivity index (χ2n) is 4.40. The summed E-state index contributed by atoms with van der Waals surface area (Å²) in [5, 5.41) is 19.5. The summed E-state index contributed by atoms with van der Waals surface area (Å²) in [7, 11) is 0. The van der Waals surface area contributed by atoms with Crippen molar-refractivity contribution in [2.24, 2.45) is 0 Å². The van der Waals surface area contributed by atoms with Crippen LogP contribution < -0.4 is 0 Å². The van der Waals surface area contributed by atoms with Gasteiger partial charge in [-0.2, -0.15) is 0 Å². The van der Waals surface area contributed by atoms with E-state index >= 15 is 0 Å². The lowest BCUT2D eigenvalue weighted by atomic mass is 10.0. The van der Waals surface area contributed by atoms with Crippen LogP contribution in [-0.4, -0.2) is 22.0 Å². The summed E-state index contributed by atoms with van der Waals surface area (Å²) >= 11 is 8.89. The molecule has 0 aliphatic rings. The lowest BCUT2D eigenvalue weighted by Gasteiger charge is -2.05. The number of benzene rings is 2. The van der Waals surface area contributed by atoms with Crippen LogP contribution >= 0.6 is 27.5 Å². The topological polar surface area (TPSA) is 74.6 Å². The number of allylic oxidation sites excluding steroid dienone is 1. The number of phenols is 1. The number of halogens is 2. The molecule has 22 heavy (non-hydrogen) atoms. The van der Waals surface area contributed by atoms with Gasteiger partial charge in [-0.25, -0.2) is 4.79 Å². The Bertz CT molecular complexity index is 766. The summed E-state index contributed by atoms with van der Waals surface area (Å²) in [5.74, 6) is -2.37. The van der Waals surface area contributed by atoms with Crippen LogP contribution in [0.1, 0.15) is 26.3 Å². The minimum Gasteiger partial charge on any atom is -0.506 e. The van der Waals surface area contributed by atoms with Gasteiger partial charge in [-0.1, -0.05) is 45.7 Å². The van der Waals surface area contributed by atoms with E-state index in [4.69, 9.17) is 16.7 Å². The lowest BCUT2D eigenvalue weighted by Crippen LogP contribution is -2.03. The molecule has 0 aromatic heterocycles. The molecule has 4 nitrogen and oxygen atoms in total. The molecule has 2 N–H and O–H groups in total. The molecular weight excluding hydrogens is 372 g/mol. The van der Waals surface area contributed by atoms with E-state index in [0.29, 0.717) is 9.50 Å². The average Bonchev–Trinajstić information content (AvgIpc) is 2.48. The summed E-state index contributed by atoms with van der Waals surface area (Å²) in [4.78, 5) is 23.2. The SMILES string of the molecule is O=C(O)c1cc(Br)cc(C(=O)/C=C/c2ccc(Cl)cc2)c1O. The number of ketones is 1. The van der Waals surface area contributed by atoms with Gasteiger partial charge in [0.15, 0.2) is 5.78 Å². The Morgan fingerprint density at radius 2 is 1.68 bits per heavy atom. The van der Waals surface area contributed by atoms with E-state index in [1.54, 1.807) is 30.3 Å². The molecule has 2 rings (SSSR count). The van der Waals surface area contributed by atoms with Crippen molar-refractivity contribution >= 4 is 45.4 Å².